The molecule has 0 amide bonds. The smallest absolute Gasteiger partial charge is 0.0300 e. The molecular weight excluding hydrogens is 176 g/mol. The Morgan fingerprint density at radius 3 is 2.36 bits per heavy atom. The first-order valence-corrected chi connectivity index (χ1v) is 6.02. The van der Waals surface area contributed by atoms with Crippen LogP contribution in [0.3, 0.4) is 0 Å². The number of thiol groups is 1. The van der Waals surface area contributed by atoms with Gasteiger partial charge >= 0.3 is 0 Å². The van der Waals surface area contributed by atoms with Crippen molar-refractivity contribution in [2.45, 2.75) is 30.9 Å². The minimum absolute atomic E-state index is 0.227. The van der Waals surface area contributed by atoms with Gasteiger partial charge in [0.05, 0.1) is 0 Å². The molecule has 2 fully saturated rings. The second-order valence-corrected chi connectivity index (χ2v) is 6.94. The standard InChI is InChI=1S/C8H14OS2/c1-7(10)2-3-8(4-7)5-11(9)6-8/h10H,2-6H2,1H3. The van der Waals surface area contributed by atoms with E-state index < -0.39 is 10.8 Å². The number of hydrogen-bond acceptors (Lipinski definition) is 2. The van der Waals surface area contributed by atoms with Gasteiger partial charge in [-0.3, -0.25) is 4.21 Å². The fraction of sp³-hybridized carbons (Fsp3) is 1.00. The predicted octanol–water partition coefficient (Wildman–Crippen LogP) is 1.61. The summed E-state index contributed by atoms with van der Waals surface area (Å²) >= 11 is 4.58. The highest BCUT2D eigenvalue weighted by atomic mass is 32.2. The first-order valence-electron chi connectivity index (χ1n) is 4.09. The Morgan fingerprint density at radius 2 is 2.00 bits per heavy atom. The van der Waals surface area contributed by atoms with Crippen LogP contribution in [0.15, 0.2) is 0 Å². The van der Waals surface area contributed by atoms with Gasteiger partial charge in [-0.05, 0) is 24.7 Å². The van der Waals surface area contributed by atoms with Crippen molar-refractivity contribution in [2.75, 3.05) is 11.5 Å². The minimum atomic E-state index is -0.488. The Balaban J connectivity index is 2.05. The van der Waals surface area contributed by atoms with Crippen molar-refractivity contribution < 1.29 is 4.21 Å². The maximum atomic E-state index is 11.0. The van der Waals surface area contributed by atoms with Crippen molar-refractivity contribution in [1.29, 1.82) is 0 Å². The van der Waals surface area contributed by atoms with Crippen LogP contribution in [-0.4, -0.2) is 20.5 Å². The van der Waals surface area contributed by atoms with Gasteiger partial charge in [-0.25, -0.2) is 0 Å². The molecule has 0 aromatic rings. The van der Waals surface area contributed by atoms with Gasteiger partial charge in [-0.2, -0.15) is 12.6 Å². The monoisotopic (exact) mass is 190 g/mol. The molecule has 0 N–H and O–H groups in total. The SMILES string of the molecule is CC1(S)CCC2(CS(=O)C2)C1. The van der Waals surface area contributed by atoms with Crippen LogP contribution in [0.4, 0.5) is 0 Å². The van der Waals surface area contributed by atoms with E-state index >= 15 is 0 Å². The van der Waals surface area contributed by atoms with E-state index in [2.05, 4.69) is 19.6 Å². The van der Waals surface area contributed by atoms with Crippen LogP contribution in [0.2, 0.25) is 0 Å². The lowest BCUT2D eigenvalue weighted by Crippen LogP contribution is -2.43. The van der Waals surface area contributed by atoms with E-state index in [9.17, 15) is 4.21 Å². The molecule has 1 nitrogen and oxygen atoms in total. The summed E-state index contributed by atoms with van der Waals surface area (Å²) < 4.78 is 11.2. The van der Waals surface area contributed by atoms with E-state index in [4.69, 9.17) is 0 Å². The van der Waals surface area contributed by atoms with E-state index in [1.807, 2.05) is 0 Å². The zero-order valence-electron chi connectivity index (χ0n) is 6.80. The van der Waals surface area contributed by atoms with Crippen molar-refractivity contribution in [3.8, 4) is 0 Å². The summed E-state index contributed by atoms with van der Waals surface area (Å²) in [5.41, 5.74) is 0.446. The topological polar surface area (TPSA) is 17.1 Å². The fourth-order valence-electron chi connectivity index (χ4n) is 2.41. The third-order valence-corrected chi connectivity index (χ3v) is 5.13. The predicted molar refractivity (Wildman–Crippen MR) is 51.6 cm³/mol. The first kappa shape index (κ1) is 8.11. The fourth-order valence-corrected chi connectivity index (χ4v) is 4.63. The number of rotatable bonds is 0. The summed E-state index contributed by atoms with van der Waals surface area (Å²) in [6, 6.07) is 0. The summed E-state index contributed by atoms with van der Waals surface area (Å²) in [6.45, 7) is 2.20. The van der Waals surface area contributed by atoms with E-state index in [1.54, 1.807) is 0 Å². The van der Waals surface area contributed by atoms with Crippen LogP contribution >= 0.6 is 12.6 Å². The minimum Gasteiger partial charge on any atom is -0.260 e. The average molecular weight is 190 g/mol. The van der Waals surface area contributed by atoms with Crippen molar-refractivity contribution >= 4 is 23.4 Å². The third-order valence-electron chi connectivity index (χ3n) is 2.88. The molecule has 1 aliphatic carbocycles. The molecule has 1 aliphatic heterocycles. The Bertz CT molecular complexity index is 202. The van der Waals surface area contributed by atoms with Crippen LogP contribution < -0.4 is 0 Å². The normalized spacial score (nSPS) is 56.4. The summed E-state index contributed by atoms with van der Waals surface area (Å²) in [7, 11) is -0.488. The molecule has 3 heteroatoms. The van der Waals surface area contributed by atoms with E-state index in [0.29, 0.717) is 5.41 Å². The van der Waals surface area contributed by atoms with Gasteiger partial charge in [0.2, 0.25) is 0 Å². The van der Waals surface area contributed by atoms with Crippen molar-refractivity contribution in [3.05, 3.63) is 0 Å². The zero-order chi connectivity index (χ0) is 8.11. The van der Waals surface area contributed by atoms with E-state index in [1.165, 1.54) is 19.3 Å². The molecule has 1 spiro atoms. The van der Waals surface area contributed by atoms with Crippen LogP contribution in [0.25, 0.3) is 0 Å². The van der Waals surface area contributed by atoms with Gasteiger partial charge < -0.3 is 0 Å². The maximum absolute atomic E-state index is 11.0. The lowest BCUT2D eigenvalue weighted by molar-refractivity contribution is 0.354. The number of hydrogen-bond donors (Lipinski definition) is 1. The Hall–Kier alpha value is 0.500. The second kappa shape index (κ2) is 2.25. The van der Waals surface area contributed by atoms with Gasteiger partial charge in [0.25, 0.3) is 0 Å². The molecule has 1 atom stereocenters. The quantitative estimate of drug-likeness (QED) is 0.574. The molecule has 1 saturated carbocycles. The van der Waals surface area contributed by atoms with Crippen LogP contribution in [0, 0.1) is 5.41 Å². The van der Waals surface area contributed by atoms with Gasteiger partial charge in [0.15, 0.2) is 0 Å². The van der Waals surface area contributed by atoms with Gasteiger partial charge in [0.1, 0.15) is 0 Å². The van der Waals surface area contributed by atoms with Crippen LogP contribution in [-0.2, 0) is 10.8 Å². The molecule has 1 unspecified atom stereocenters. The summed E-state index contributed by atoms with van der Waals surface area (Å²) in [5, 5.41) is 0. The molecule has 0 radical (unpaired) electrons. The molecule has 0 aromatic heterocycles. The summed E-state index contributed by atoms with van der Waals surface area (Å²) in [5.74, 6) is 1.90. The molecule has 11 heavy (non-hydrogen) atoms. The first-order chi connectivity index (χ1) is 5.02. The van der Waals surface area contributed by atoms with Crippen LogP contribution in [0.1, 0.15) is 26.2 Å². The van der Waals surface area contributed by atoms with Gasteiger partial charge in [-0.1, -0.05) is 6.92 Å². The third kappa shape index (κ3) is 1.37. The largest absolute Gasteiger partial charge is 0.260 e. The average Bonchev–Trinajstić information content (AvgIpc) is 2.05. The van der Waals surface area contributed by atoms with E-state index in [0.717, 1.165) is 11.5 Å². The lowest BCUT2D eigenvalue weighted by atomic mass is 9.89. The van der Waals surface area contributed by atoms with Gasteiger partial charge in [0, 0.05) is 27.1 Å². The molecule has 2 rings (SSSR count). The Kier molecular flexibility index (Phi) is 1.66. The zero-order valence-corrected chi connectivity index (χ0v) is 8.51. The van der Waals surface area contributed by atoms with Crippen molar-refractivity contribution in [1.82, 2.24) is 0 Å². The van der Waals surface area contributed by atoms with Crippen molar-refractivity contribution in [3.63, 3.8) is 0 Å². The second-order valence-electron chi connectivity index (χ2n) is 4.40. The Morgan fingerprint density at radius 1 is 1.36 bits per heavy atom. The summed E-state index contributed by atoms with van der Waals surface area (Å²) in [6.07, 6.45) is 3.63. The molecule has 64 valence electrons. The molecule has 2 aliphatic rings. The molecule has 1 saturated heterocycles. The van der Waals surface area contributed by atoms with Crippen LogP contribution in [0.5, 0.6) is 0 Å². The van der Waals surface area contributed by atoms with Crippen molar-refractivity contribution in [2.24, 2.45) is 5.41 Å². The molecular formula is C8H14OS2. The Labute approximate surface area is 75.8 Å². The lowest BCUT2D eigenvalue weighted by Gasteiger charge is -2.38. The van der Waals surface area contributed by atoms with E-state index in [-0.39, 0.29) is 4.75 Å². The highest BCUT2D eigenvalue weighted by Gasteiger charge is 2.50. The highest BCUT2D eigenvalue weighted by Crippen LogP contribution is 2.52. The molecule has 0 aromatic carbocycles. The van der Waals surface area contributed by atoms with Gasteiger partial charge in [-0.15, -0.1) is 0 Å². The maximum Gasteiger partial charge on any atom is 0.0300 e. The highest BCUT2D eigenvalue weighted by molar-refractivity contribution is 7.86. The summed E-state index contributed by atoms with van der Waals surface area (Å²) in [4.78, 5) is 0. The molecule has 0 bridgehead atoms. The molecule has 1 heterocycles.